The van der Waals surface area contributed by atoms with Crippen LogP contribution < -0.4 is 5.32 Å². The number of rotatable bonds is 3. The molecular weight excluding hydrogens is 206 g/mol. The van der Waals surface area contributed by atoms with Crippen LogP contribution in [0.5, 0.6) is 0 Å². The molecule has 0 atom stereocenters. The third-order valence-electron chi connectivity index (χ3n) is 3.09. The molecule has 0 spiro atoms. The summed E-state index contributed by atoms with van der Waals surface area (Å²) in [7, 11) is 0. The van der Waals surface area contributed by atoms with Gasteiger partial charge in [-0.15, -0.1) is 0 Å². The minimum absolute atomic E-state index is 1.07. The van der Waals surface area contributed by atoms with Crippen LogP contribution in [0, 0.1) is 13.8 Å². The summed E-state index contributed by atoms with van der Waals surface area (Å²) in [6.07, 6.45) is 1.07. The summed E-state index contributed by atoms with van der Waals surface area (Å²) in [4.78, 5) is 0. The van der Waals surface area contributed by atoms with E-state index < -0.39 is 0 Å². The molecule has 2 aromatic carbocycles. The van der Waals surface area contributed by atoms with Crippen LogP contribution in [0.2, 0.25) is 0 Å². The molecule has 0 radical (unpaired) electrons. The van der Waals surface area contributed by atoms with Gasteiger partial charge in [-0.05, 0) is 49.1 Å². The second kappa shape index (κ2) is 5.05. The molecule has 2 aromatic rings. The van der Waals surface area contributed by atoms with Crippen LogP contribution in [-0.4, -0.2) is 0 Å². The smallest absolute Gasteiger partial charge is 0.0443 e. The standard InChI is InChI=1S/C16H19N/c1-4-14-9-6-10-15(11-14)17-16-12(2)7-5-8-13(16)3/h5-11,17H,4H2,1-3H3. The van der Waals surface area contributed by atoms with E-state index in [4.69, 9.17) is 0 Å². The van der Waals surface area contributed by atoms with Crippen molar-refractivity contribution in [1.82, 2.24) is 0 Å². The van der Waals surface area contributed by atoms with E-state index in [0.717, 1.165) is 6.42 Å². The number of hydrogen-bond acceptors (Lipinski definition) is 1. The maximum Gasteiger partial charge on any atom is 0.0443 e. The maximum atomic E-state index is 3.52. The van der Waals surface area contributed by atoms with E-state index in [0.29, 0.717) is 0 Å². The van der Waals surface area contributed by atoms with E-state index in [1.807, 2.05) is 0 Å². The SMILES string of the molecule is CCc1cccc(Nc2c(C)cccc2C)c1. The van der Waals surface area contributed by atoms with Gasteiger partial charge in [0.1, 0.15) is 0 Å². The molecule has 1 N–H and O–H groups in total. The highest BCUT2D eigenvalue weighted by atomic mass is 14.9. The van der Waals surface area contributed by atoms with Crippen molar-refractivity contribution in [3.05, 3.63) is 59.2 Å². The lowest BCUT2D eigenvalue weighted by molar-refractivity contribution is 1.14. The molecular formula is C16H19N. The predicted molar refractivity (Wildman–Crippen MR) is 75.0 cm³/mol. The molecule has 2 rings (SSSR count). The Bertz CT molecular complexity index is 494. The van der Waals surface area contributed by atoms with Gasteiger partial charge in [-0.25, -0.2) is 0 Å². The Hall–Kier alpha value is -1.76. The van der Waals surface area contributed by atoms with Crippen LogP contribution in [0.15, 0.2) is 42.5 Å². The van der Waals surface area contributed by atoms with Crippen LogP contribution >= 0.6 is 0 Å². The number of nitrogens with one attached hydrogen (secondary N) is 1. The Morgan fingerprint density at radius 3 is 2.24 bits per heavy atom. The first-order valence-electron chi connectivity index (χ1n) is 6.13. The fraction of sp³-hybridized carbons (Fsp3) is 0.250. The zero-order valence-corrected chi connectivity index (χ0v) is 10.7. The molecule has 1 heteroatoms. The lowest BCUT2D eigenvalue weighted by Gasteiger charge is -2.13. The van der Waals surface area contributed by atoms with Gasteiger partial charge < -0.3 is 5.32 Å². The molecule has 0 aromatic heterocycles. The van der Waals surface area contributed by atoms with E-state index in [9.17, 15) is 0 Å². The summed E-state index contributed by atoms with van der Waals surface area (Å²) >= 11 is 0. The van der Waals surface area contributed by atoms with Crippen LogP contribution in [0.3, 0.4) is 0 Å². The van der Waals surface area contributed by atoms with Crippen LogP contribution in [0.25, 0.3) is 0 Å². The van der Waals surface area contributed by atoms with Crippen molar-refractivity contribution >= 4 is 11.4 Å². The van der Waals surface area contributed by atoms with Crippen molar-refractivity contribution in [2.75, 3.05) is 5.32 Å². The first-order valence-corrected chi connectivity index (χ1v) is 6.13. The zero-order valence-electron chi connectivity index (χ0n) is 10.7. The van der Waals surface area contributed by atoms with E-state index >= 15 is 0 Å². The maximum absolute atomic E-state index is 3.52. The van der Waals surface area contributed by atoms with Crippen molar-refractivity contribution < 1.29 is 0 Å². The monoisotopic (exact) mass is 225 g/mol. The summed E-state index contributed by atoms with van der Waals surface area (Å²) in [5, 5.41) is 3.52. The first kappa shape index (κ1) is 11.7. The third kappa shape index (κ3) is 2.68. The van der Waals surface area contributed by atoms with Crippen LogP contribution in [-0.2, 0) is 6.42 Å². The first-order chi connectivity index (χ1) is 8.20. The Balaban J connectivity index is 2.31. The van der Waals surface area contributed by atoms with Gasteiger partial charge in [-0.1, -0.05) is 37.3 Å². The molecule has 0 aliphatic carbocycles. The highest BCUT2D eigenvalue weighted by Crippen LogP contribution is 2.24. The number of hydrogen-bond donors (Lipinski definition) is 1. The third-order valence-corrected chi connectivity index (χ3v) is 3.09. The molecule has 0 bridgehead atoms. The average Bonchev–Trinajstić information content (AvgIpc) is 2.34. The summed E-state index contributed by atoms with van der Waals surface area (Å²) in [5.74, 6) is 0. The van der Waals surface area contributed by atoms with Crippen LogP contribution in [0.4, 0.5) is 11.4 Å². The topological polar surface area (TPSA) is 12.0 Å². The van der Waals surface area contributed by atoms with Gasteiger partial charge in [0.15, 0.2) is 0 Å². The molecule has 0 saturated carbocycles. The van der Waals surface area contributed by atoms with E-state index in [1.54, 1.807) is 0 Å². The fourth-order valence-electron chi connectivity index (χ4n) is 2.02. The molecule has 1 nitrogen and oxygen atoms in total. The van der Waals surface area contributed by atoms with Gasteiger partial charge in [-0.2, -0.15) is 0 Å². The number of para-hydroxylation sites is 1. The zero-order chi connectivity index (χ0) is 12.3. The second-order valence-electron chi connectivity index (χ2n) is 4.45. The molecule has 17 heavy (non-hydrogen) atoms. The van der Waals surface area contributed by atoms with Gasteiger partial charge in [0.25, 0.3) is 0 Å². The lowest BCUT2D eigenvalue weighted by Crippen LogP contribution is -1.96. The summed E-state index contributed by atoms with van der Waals surface area (Å²) < 4.78 is 0. The van der Waals surface area contributed by atoms with Gasteiger partial charge in [0.2, 0.25) is 0 Å². The van der Waals surface area contributed by atoms with Gasteiger partial charge >= 0.3 is 0 Å². The highest BCUT2D eigenvalue weighted by molar-refractivity contribution is 5.66. The number of aryl methyl sites for hydroxylation is 3. The molecule has 0 amide bonds. The molecule has 0 saturated heterocycles. The molecule has 0 aliphatic heterocycles. The normalized spacial score (nSPS) is 10.3. The minimum Gasteiger partial charge on any atom is -0.355 e. The highest BCUT2D eigenvalue weighted by Gasteiger charge is 2.02. The Kier molecular flexibility index (Phi) is 3.48. The van der Waals surface area contributed by atoms with Gasteiger partial charge in [-0.3, -0.25) is 0 Å². The van der Waals surface area contributed by atoms with Crippen molar-refractivity contribution in [2.24, 2.45) is 0 Å². The molecule has 88 valence electrons. The summed E-state index contributed by atoms with van der Waals surface area (Å²) in [5.41, 5.74) is 6.32. The fourth-order valence-corrected chi connectivity index (χ4v) is 2.02. The summed E-state index contributed by atoms with van der Waals surface area (Å²) in [6.45, 7) is 6.45. The van der Waals surface area contributed by atoms with Crippen molar-refractivity contribution in [3.63, 3.8) is 0 Å². The molecule has 0 heterocycles. The second-order valence-corrected chi connectivity index (χ2v) is 4.45. The minimum atomic E-state index is 1.07. The quantitative estimate of drug-likeness (QED) is 0.804. The summed E-state index contributed by atoms with van der Waals surface area (Å²) in [6, 6.07) is 15.0. The Morgan fingerprint density at radius 1 is 0.941 bits per heavy atom. The molecule has 0 fully saturated rings. The Morgan fingerprint density at radius 2 is 1.59 bits per heavy atom. The largest absolute Gasteiger partial charge is 0.355 e. The average molecular weight is 225 g/mol. The van der Waals surface area contributed by atoms with E-state index in [-0.39, 0.29) is 0 Å². The molecule has 0 aliphatic rings. The van der Waals surface area contributed by atoms with Crippen molar-refractivity contribution in [2.45, 2.75) is 27.2 Å². The van der Waals surface area contributed by atoms with Crippen molar-refractivity contribution in [3.8, 4) is 0 Å². The molecule has 0 unspecified atom stereocenters. The van der Waals surface area contributed by atoms with Crippen LogP contribution in [0.1, 0.15) is 23.6 Å². The van der Waals surface area contributed by atoms with E-state index in [2.05, 4.69) is 68.6 Å². The number of benzene rings is 2. The Labute approximate surface area is 103 Å². The lowest BCUT2D eigenvalue weighted by atomic mass is 10.1. The number of anilines is 2. The van der Waals surface area contributed by atoms with Crippen molar-refractivity contribution in [1.29, 1.82) is 0 Å². The van der Waals surface area contributed by atoms with Gasteiger partial charge in [0.05, 0.1) is 0 Å². The van der Waals surface area contributed by atoms with E-state index in [1.165, 1.54) is 28.1 Å². The van der Waals surface area contributed by atoms with Gasteiger partial charge in [0, 0.05) is 11.4 Å². The predicted octanol–water partition coefficient (Wildman–Crippen LogP) is 4.61.